The Morgan fingerprint density at radius 2 is 2.08 bits per heavy atom. The predicted octanol–water partition coefficient (Wildman–Crippen LogP) is 4.57. The van der Waals surface area contributed by atoms with Gasteiger partial charge >= 0.3 is 6.03 Å². The summed E-state index contributed by atoms with van der Waals surface area (Å²) in [7, 11) is 1.73. The fraction of sp³-hybridized carbons (Fsp3) is 0.263. The van der Waals surface area contributed by atoms with E-state index in [0.717, 1.165) is 22.6 Å². The van der Waals surface area contributed by atoms with Gasteiger partial charge in [0.1, 0.15) is 5.76 Å². The molecule has 0 spiro atoms. The molecule has 26 heavy (non-hydrogen) atoms. The molecule has 0 unspecified atom stereocenters. The summed E-state index contributed by atoms with van der Waals surface area (Å²) in [5.41, 5.74) is 3.94. The van der Waals surface area contributed by atoms with Crippen molar-refractivity contribution in [3.8, 4) is 0 Å². The molecule has 1 N–H and O–H groups in total. The third-order valence-corrected chi connectivity index (χ3v) is 4.41. The molecule has 2 heterocycles. The standard InChI is InChI=1S/C19H21BrN4O2/c1-13-9-14(2)24(22-13)11-15-5-4-6-16(10-15)21-19(25)23(3)12-17-7-8-18(20)26-17/h4-10H,11-12H2,1-3H3,(H,21,25). The molecular weight excluding hydrogens is 396 g/mol. The Kier molecular flexibility index (Phi) is 5.46. The summed E-state index contributed by atoms with van der Waals surface area (Å²) in [4.78, 5) is 14.0. The first-order valence-corrected chi connectivity index (χ1v) is 9.06. The Morgan fingerprint density at radius 1 is 1.27 bits per heavy atom. The molecule has 3 rings (SSSR count). The number of amides is 2. The fourth-order valence-corrected chi connectivity index (χ4v) is 3.06. The molecule has 0 saturated carbocycles. The van der Waals surface area contributed by atoms with E-state index in [2.05, 4.69) is 26.3 Å². The maximum absolute atomic E-state index is 12.4. The van der Waals surface area contributed by atoms with E-state index in [1.54, 1.807) is 11.9 Å². The van der Waals surface area contributed by atoms with Crippen LogP contribution in [-0.2, 0) is 13.1 Å². The van der Waals surface area contributed by atoms with Crippen molar-refractivity contribution in [3.05, 3.63) is 69.8 Å². The number of anilines is 1. The van der Waals surface area contributed by atoms with E-state index in [0.29, 0.717) is 23.5 Å². The quantitative estimate of drug-likeness (QED) is 0.662. The third-order valence-electron chi connectivity index (χ3n) is 3.98. The number of furan rings is 1. The zero-order valence-electron chi connectivity index (χ0n) is 15.0. The molecule has 3 aromatic rings. The second-order valence-corrected chi connectivity index (χ2v) is 7.06. The molecule has 0 fully saturated rings. The van der Waals surface area contributed by atoms with Crippen molar-refractivity contribution < 1.29 is 9.21 Å². The Bertz CT molecular complexity index is 916. The Morgan fingerprint density at radius 3 is 2.73 bits per heavy atom. The summed E-state index contributed by atoms with van der Waals surface area (Å²) < 4.78 is 8.05. The average Bonchev–Trinajstić information content (AvgIpc) is 3.12. The number of aryl methyl sites for hydroxylation is 2. The van der Waals surface area contributed by atoms with Crippen molar-refractivity contribution in [2.24, 2.45) is 0 Å². The van der Waals surface area contributed by atoms with Crippen LogP contribution in [0.15, 0.2) is 51.6 Å². The first kappa shape index (κ1) is 18.3. The second-order valence-electron chi connectivity index (χ2n) is 6.28. The van der Waals surface area contributed by atoms with Crippen LogP contribution in [0.25, 0.3) is 0 Å². The minimum atomic E-state index is -0.194. The Labute approximate surface area is 160 Å². The molecule has 2 aromatic heterocycles. The highest BCUT2D eigenvalue weighted by molar-refractivity contribution is 9.10. The number of nitrogens with zero attached hydrogens (tertiary/aromatic N) is 3. The van der Waals surface area contributed by atoms with Gasteiger partial charge in [-0.15, -0.1) is 0 Å². The van der Waals surface area contributed by atoms with Gasteiger partial charge < -0.3 is 14.6 Å². The number of rotatable bonds is 5. The lowest BCUT2D eigenvalue weighted by Gasteiger charge is -2.17. The number of nitrogens with one attached hydrogen (secondary N) is 1. The number of carbonyl (C=O) groups is 1. The van der Waals surface area contributed by atoms with Gasteiger partial charge in [0, 0.05) is 18.4 Å². The first-order chi connectivity index (χ1) is 12.4. The zero-order valence-corrected chi connectivity index (χ0v) is 16.6. The smallest absolute Gasteiger partial charge is 0.321 e. The van der Waals surface area contributed by atoms with Crippen LogP contribution in [0.5, 0.6) is 0 Å². The van der Waals surface area contributed by atoms with Crippen LogP contribution in [0.2, 0.25) is 0 Å². The van der Waals surface area contributed by atoms with Gasteiger partial charge in [-0.05, 0) is 65.7 Å². The van der Waals surface area contributed by atoms with E-state index in [-0.39, 0.29) is 6.03 Å². The van der Waals surface area contributed by atoms with E-state index >= 15 is 0 Å². The molecule has 0 aliphatic carbocycles. The molecule has 136 valence electrons. The van der Waals surface area contributed by atoms with Crippen molar-refractivity contribution in [1.82, 2.24) is 14.7 Å². The molecule has 7 heteroatoms. The molecule has 0 saturated heterocycles. The van der Waals surface area contributed by atoms with E-state index in [1.807, 2.05) is 61.0 Å². The van der Waals surface area contributed by atoms with Gasteiger partial charge in [-0.25, -0.2) is 4.79 Å². The topological polar surface area (TPSA) is 63.3 Å². The van der Waals surface area contributed by atoms with Gasteiger partial charge in [-0.1, -0.05) is 12.1 Å². The average molecular weight is 417 g/mol. The highest BCUT2D eigenvalue weighted by Gasteiger charge is 2.12. The molecule has 1 aromatic carbocycles. The number of urea groups is 1. The lowest BCUT2D eigenvalue weighted by molar-refractivity contribution is 0.216. The number of carbonyl (C=O) groups excluding carboxylic acids is 1. The van der Waals surface area contributed by atoms with Crippen LogP contribution in [0.1, 0.15) is 22.7 Å². The SMILES string of the molecule is Cc1cc(C)n(Cc2cccc(NC(=O)N(C)Cc3ccc(Br)o3)c2)n1. The van der Waals surface area contributed by atoms with Crippen LogP contribution < -0.4 is 5.32 Å². The lowest BCUT2D eigenvalue weighted by atomic mass is 10.2. The molecule has 0 aliphatic rings. The summed E-state index contributed by atoms with van der Waals surface area (Å²) in [5, 5.41) is 7.40. The van der Waals surface area contributed by atoms with E-state index in [1.165, 1.54) is 0 Å². The highest BCUT2D eigenvalue weighted by Crippen LogP contribution is 2.17. The summed E-state index contributed by atoms with van der Waals surface area (Å²) in [6.45, 7) is 5.07. The van der Waals surface area contributed by atoms with Crippen LogP contribution in [0.3, 0.4) is 0 Å². The molecule has 0 bridgehead atoms. The van der Waals surface area contributed by atoms with Crippen LogP contribution in [0.4, 0.5) is 10.5 Å². The minimum absolute atomic E-state index is 0.194. The van der Waals surface area contributed by atoms with E-state index in [4.69, 9.17) is 4.42 Å². The highest BCUT2D eigenvalue weighted by atomic mass is 79.9. The molecule has 0 radical (unpaired) electrons. The Hall–Kier alpha value is -2.54. The van der Waals surface area contributed by atoms with Gasteiger partial charge in [-0.3, -0.25) is 4.68 Å². The first-order valence-electron chi connectivity index (χ1n) is 8.27. The fourth-order valence-electron chi connectivity index (χ4n) is 2.72. The minimum Gasteiger partial charge on any atom is -0.452 e. The van der Waals surface area contributed by atoms with Crippen molar-refractivity contribution in [2.75, 3.05) is 12.4 Å². The van der Waals surface area contributed by atoms with Crippen molar-refractivity contribution >= 4 is 27.6 Å². The third kappa shape index (κ3) is 4.54. The van der Waals surface area contributed by atoms with Gasteiger partial charge in [0.15, 0.2) is 4.67 Å². The van der Waals surface area contributed by atoms with Crippen molar-refractivity contribution in [1.29, 1.82) is 0 Å². The number of hydrogen-bond donors (Lipinski definition) is 1. The van der Waals surface area contributed by atoms with E-state index < -0.39 is 0 Å². The van der Waals surface area contributed by atoms with E-state index in [9.17, 15) is 4.79 Å². The maximum atomic E-state index is 12.4. The molecule has 6 nitrogen and oxygen atoms in total. The molecule has 0 aliphatic heterocycles. The van der Waals surface area contributed by atoms with Crippen LogP contribution in [0, 0.1) is 13.8 Å². The lowest BCUT2D eigenvalue weighted by Crippen LogP contribution is -2.30. The summed E-state index contributed by atoms with van der Waals surface area (Å²) in [6, 6.07) is 13.3. The Balaban J connectivity index is 1.64. The second kappa shape index (κ2) is 7.78. The maximum Gasteiger partial charge on any atom is 0.321 e. The van der Waals surface area contributed by atoms with Crippen LogP contribution >= 0.6 is 15.9 Å². The van der Waals surface area contributed by atoms with Gasteiger partial charge in [0.25, 0.3) is 0 Å². The number of halogens is 1. The molecule has 2 amide bonds. The summed E-state index contributed by atoms with van der Waals surface area (Å²) in [5.74, 6) is 0.716. The number of benzene rings is 1. The normalized spacial score (nSPS) is 10.8. The van der Waals surface area contributed by atoms with Crippen molar-refractivity contribution in [2.45, 2.75) is 26.9 Å². The monoisotopic (exact) mass is 416 g/mol. The zero-order chi connectivity index (χ0) is 18.7. The largest absolute Gasteiger partial charge is 0.452 e. The van der Waals surface area contributed by atoms with Gasteiger partial charge in [-0.2, -0.15) is 5.10 Å². The van der Waals surface area contributed by atoms with Crippen LogP contribution in [-0.4, -0.2) is 27.8 Å². The van der Waals surface area contributed by atoms with Crippen molar-refractivity contribution in [3.63, 3.8) is 0 Å². The van der Waals surface area contributed by atoms with Gasteiger partial charge in [0.05, 0.1) is 18.8 Å². The molecule has 0 atom stereocenters. The number of hydrogen-bond acceptors (Lipinski definition) is 3. The molecular formula is C19H21BrN4O2. The summed E-state index contributed by atoms with van der Waals surface area (Å²) >= 11 is 3.26. The number of aromatic nitrogens is 2. The van der Waals surface area contributed by atoms with Gasteiger partial charge in [0.2, 0.25) is 0 Å². The predicted molar refractivity (Wildman–Crippen MR) is 104 cm³/mol. The summed E-state index contributed by atoms with van der Waals surface area (Å²) in [6.07, 6.45) is 0.